The predicted molar refractivity (Wildman–Crippen MR) is 84.1 cm³/mol. The van der Waals surface area contributed by atoms with Gasteiger partial charge in [-0.1, -0.05) is 30.3 Å². The minimum absolute atomic E-state index is 0.291. The Bertz CT molecular complexity index is 623. The Morgan fingerprint density at radius 1 is 1.27 bits per heavy atom. The van der Waals surface area contributed by atoms with Gasteiger partial charge in [-0.25, -0.2) is 4.99 Å². The summed E-state index contributed by atoms with van der Waals surface area (Å²) < 4.78 is 5.65. The minimum Gasteiger partial charge on any atom is -0.471 e. The van der Waals surface area contributed by atoms with Gasteiger partial charge in [-0.05, 0) is 17.7 Å². The highest BCUT2D eigenvalue weighted by Gasteiger charge is 2.10. The Kier molecular flexibility index (Phi) is 5.88. The summed E-state index contributed by atoms with van der Waals surface area (Å²) in [5.41, 5.74) is 2.39. The molecule has 6 heteroatoms. The molecule has 4 N–H and O–H groups in total. The van der Waals surface area contributed by atoms with Crippen LogP contribution < -0.4 is 0 Å². The number of aliphatic imine (C=N–C) groups is 1. The monoisotopic (exact) mass is 301 g/mol. The van der Waals surface area contributed by atoms with Crippen LogP contribution in [0.2, 0.25) is 0 Å². The first-order valence-corrected chi connectivity index (χ1v) is 6.93. The number of aromatic nitrogens is 1. The molecule has 0 aliphatic rings. The molecular weight excluding hydrogens is 282 g/mol. The summed E-state index contributed by atoms with van der Waals surface area (Å²) in [7, 11) is 0. The Hall–Kier alpha value is -2.44. The van der Waals surface area contributed by atoms with Crippen LogP contribution in [0.15, 0.2) is 47.5 Å². The Labute approximate surface area is 128 Å². The molecule has 1 unspecified atom stereocenters. The van der Waals surface area contributed by atoms with Crippen LogP contribution in [0.3, 0.4) is 0 Å². The lowest BCUT2D eigenvalue weighted by molar-refractivity contribution is 0.0948. The van der Waals surface area contributed by atoms with Gasteiger partial charge in [-0.2, -0.15) is 0 Å². The van der Waals surface area contributed by atoms with Crippen LogP contribution in [0.5, 0.6) is 0 Å². The number of nitrogens with zero attached hydrogens (tertiary/aromatic N) is 1. The Morgan fingerprint density at radius 2 is 2.05 bits per heavy atom. The molecule has 0 fully saturated rings. The number of aromatic amines is 1. The van der Waals surface area contributed by atoms with E-state index in [2.05, 4.69) is 9.98 Å². The second-order valence-corrected chi connectivity index (χ2v) is 4.78. The van der Waals surface area contributed by atoms with Crippen LogP contribution in [-0.4, -0.2) is 40.1 Å². The van der Waals surface area contributed by atoms with E-state index >= 15 is 0 Å². The van der Waals surface area contributed by atoms with Crippen molar-refractivity contribution in [1.29, 1.82) is 5.41 Å². The van der Waals surface area contributed by atoms with Crippen molar-refractivity contribution in [2.24, 2.45) is 4.99 Å². The molecule has 1 heterocycles. The Balaban J connectivity index is 2.05. The molecule has 1 aromatic carbocycles. The van der Waals surface area contributed by atoms with Gasteiger partial charge in [0.1, 0.15) is 18.6 Å². The van der Waals surface area contributed by atoms with E-state index < -0.39 is 6.10 Å². The van der Waals surface area contributed by atoms with Crippen molar-refractivity contribution in [3.63, 3.8) is 0 Å². The largest absolute Gasteiger partial charge is 0.471 e. The molecule has 0 amide bonds. The molecule has 0 saturated carbocycles. The van der Waals surface area contributed by atoms with E-state index in [0.29, 0.717) is 24.6 Å². The van der Waals surface area contributed by atoms with E-state index in [0.717, 1.165) is 17.6 Å². The molecule has 0 aliphatic carbocycles. The molecule has 2 aromatic rings. The normalized spacial score (nSPS) is 12.9. The second-order valence-electron chi connectivity index (χ2n) is 4.78. The smallest absolute Gasteiger partial charge is 0.239 e. The van der Waals surface area contributed by atoms with Crippen molar-refractivity contribution >= 4 is 12.2 Å². The fraction of sp³-hybridized carbons (Fsp3) is 0.250. The molecule has 22 heavy (non-hydrogen) atoms. The first-order valence-electron chi connectivity index (χ1n) is 6.93. The lowest BCUT2D eigenvalue weighted by Crippen LogP contribution is -2.15. The number of rotatable bonds is 7. The van der Waals surface area contributed by atoms with Crippen molar-refractivity contribution in [2.75, 3.05) is 6.61 Å². The van der Waals surface area contributed by atoms with Crippen LogP contribution in [-0.2, 0) is 17.8 Å². The summed E-state index contributed by atoms with van der Waals surface area (Å²) in [4.78, 5) is 6.98. The van der Waals surface area contributed by atoms with Gasteiger partial charge in [0, 0.05) is 12.1 Å². The number of ether oxygens (including phenoxy) is 1. The van der Waals surface area contributed by atoms with Crippen LogP contribution in [0.25, 0.3) is 0 Å². The van der Waals surface area contributed by atoms with Crippen molar-refractivity contribution in [3.8, 4) is 0 Å². The molecule has 0 radical (unpaired) electrons. The standard InChI is InChI=1S/C16H19N3O3/c17-11-18-16(22-10-12-4-2-1-3-5-12)15-7-6-13(19-15)8-14(21)9-20/h1-7,11,14,17,19-21H,8-10H2. The lowest BCUT2D eigenvalue weighted by Gasteiger charge is -2.08. The van der Waals surface area contributed by atoms with Crippen molar-refractivity contribution in [3.05, 3.63) is 59.4 Å². The number of hydrogen-bond donors (Lipinski definition) is 4. The number of hydrogen-bond acceptors (Lipinski definition) is 4. The van der Waals surface area contributed by atoms with Crippen LogP contribution in [0.4, 0.5) is 0 Å². The van der Waals surface area contributed by atoms with Gasteiger partial charge in [0.25, 0.3) is 0 Å². The summed E-state index contributed by atoms with van der Waals surface area (Å²) >= 11 is 0. The molecule has 1 atom stereocenters. The third-order valence-corrected chi connectivity index (χ3v) is 3.04. The molecule has 6 nitrogen and oxygen atoms in total. The molecular formula is C16H19N3O3. The van der Waals surface area contributed by atoms with E-state index in [4.69, 9.17) is 15.3 Å². The van der Waals surface area contributed by atoms with Gasteiger partial charge >= 0.3 is 0 Å². The average Bonchev–Trinajstić information content (AvgIpc) is 3.00. The second kappa shape index (κ2) is 8.11. The van der Waals surface area contributed by atoms with E-state index in [9.17, 15) is 5.11 Å². The highest BCUT2D eigenvalue weighted by molar-refractivity contribution is 5.96. The van der Waals surface area contributed by atoms with Gasteiger partial charge in [-0.15, -0.1) is 0 Å². The maximum absolute atomic E-state index is 9.45. The van der Waals surface area contributed by atoms with Crippen LogP contribution >= 0.6 is 0 Å². The maximum Gasteiger partial charge on any atom is 0.239 e. The van der Waals surface area contributed by atoms with Gasteiger partial charge in [-0.3, -0.25) is 5.41 Å². The summed E-state index contributed by atoms with van der Waals surface area (Å²) in [6.45, 7) is 0.0570. The number of nitrogens with one attached hydrogen (secondary N) is 2. The first kappa shape index (κ1) is 15.9. The number of H-pyrrole nitrogens is 1. The van der Waals surface area contributed by atoms with Gasteiger partial charge < -0.3 is 19.9 Å². The van der Waals surface area contributed by atoms with E-state index in [-0.39, 0.29) is 6.61 Å². The fourth-order valence-corrected chi connectivity index (χ4v) is 1.97. The SMILES string of the molecule is N=CN=C(OCc1ccccc1)c1ccc(CC(O)CO)[nH]1. The quantitative estimate of drug-likeness (QED) is 0.460. The third-order valence-electron chi connectivity index (χ3n) is 3.04. The molecule has 0 saturated heterocycles. The zero-order valence-corrected chi connectivity index (χ0v) is 12.1. The van der Waals surface area contributed by atoms with E-state index in [1.165, 1.54) is 0 Å². The summed E-state index contributed by atoms with van der Waals surface area (Å²) in [5.74, 6) is 0.309. The predicted octanol–water partition coefficient (Wildman–Crippen LogP) is 1.48. The summed E-state index contributed by atoms with van der Waals surface area (Å²) in [6.07, 6.45) is 0.427. The third kappa shape index (κ3) is 4.54. The van der Waals surface area contributed by atoms with Crippen LogP contribution in [0.1, 0.15) is 17.0 Å². The molecule has 2 rings (SSSR count). The molecule has 116 valence electrons. The first-order chi connectivity index (χ1) is 10.7. The van der Waals surface area contributed by atoms with Crippen LogP contribution in [0, 0.1) is 5.41 Å². The number of aliphatic hydroxyl groups excluding tert-OH is 2. The summed E-state index contributed by atoms with van der Waals surface area (Å²) in [5, 5.41) is 25.4. The fourth-order valence-electron chi connectivity index (χ4n) is 1.97. The summed E-state index contributed by atoms with van der Waals surface area (Å²) in [6, 6.07) is 13.2. The van der Waals surface area contributed by atoms with E-state index in [1.54, 1.807) is 12.1 Å². The molecule has 0 bridgehead atoms. The lowest BCUT2D eigenvalue weighted by atomic mass is 10.2. The van der Waals surface area contributed by atoms with Gasteiger partial charge in [0.2, 0.25) is 5.90 Å². The average molecular weight is 301 g/mol. The minimum atomic E-state index is -0.806. The molecule has 0 spiro atoms. The van der Waals surface area contributed by atoms with Gasteiger partial charge in [0.05, 0.1) is 12.7 Å². The number of benzene rings is 1. The zero-order chi connectivity index (χ0) is 15.8. The van der Waals surface area contributed by atoms with Crippen molar-refractivity contribution in [2.45, 2.75) is 19.1 Å². The Morgan fingerprint density at radius 3 is 2.73 bits per heavy atom. The molecule has 0 aliphatic heterocycles. The van der Waals surface area contributed by atoms with Crippen molar-refractivity contribution in [1.82, 2.24) is 4.98 Å². The van der Waals surface area contributed by atoms with Gasteiger partial charge in [0.15, 0.2) is 0 Å². The van der Waals surface area contributed by atoms with E-state index in [1.807, 2.05) is 30.3 Å². The highest BCUT2D eigenvalue weighted by Crippen LogP contribution is 2.09. The molecule has 1 aromatic heterocycles. The van der Waals surface area contributed by atoms with Crippen molar-refractivity contribution < 1.29 is 14.9 Å². The zero-order valence-electron chi connectivity index (χ0n) is 12.1. The topological polar surface area (TPSA) is 102 Å². The highest BCUT2D eigenvalue weighted by atomic mass is 16.5. The number of aliphatic hydroxyl groups is 2. The maximum atomic E-state index is 9.45.